The summed E-state index contributed by atoms with van der Waals surface area (Å²) in [7, 11) is 0. The smallest absolute Gasteiger partial charge is 0.0640 e. The Morgan fingerprint density at radius 2 is 0.740 bits per heavy atom. The maximum Gasteiger partial charge on any atom is 0.0640 e. The second-order valence-electron chi connectivity index (χ2n) is 19.6. The summed E-state index contributed by atoms with van der Waals surface area (Å²) in [5.41, 5.74) is 17.0. The van der Waals surface area contributed by atoms with Crippen molar-refractivity contribution in [1.82, 2.24) is 4.57 Å². The molecule has 0 N–H and O–H groups in total. The van der Waals surface area contributed by atoms with Crippen LogP contribution >= 0.6 is 22.7 Å². The molecule has 12 aromatic carbocycles. The molecule has 15 rings (SSSR count). The maximum atomic E-state index is 2.51. The molecular formula is C72H47N3S2. The molecule has 15 aromatic rings. The second-order valence-corrected chi connectivity index (χ2v) is 21.8. The van der Waals surface area contributed by atoms with Gasteiger partial charge in [0.1, 0.15) is 0 Å². The van der Waals surface area contributed by atoms with Crippen LogP contribution in [0.1, 0.15) is 0 Å². The summed E-state index contributed by atoms with van der Waals surface area (Å²) in [6, 6.07) is 105. The summed E-state index contributed by atoms with van der Waals surface area (Å²) in [6.07, 6.45) is 0. The van der Waals surface area contributed by atoms with Gasteiger partial charge in [-0.1, -0.05) is 182 Å². The first-order chi connectivity index (χ1) is 38.2. The molecular weight excluding hydrogens is 971 g/mol. The number of para-hydroxylation sites is 3. The minimum absolute atomic E-state index is 1.04. The normalized spacial score (nSPS) is 11.6. The van der Waals surface area contributed by atoms with Crippen LogP contribution in [0.5, 0.6) is 0 Å². The van der Waals surface area contributed by atoms with Gasteiger partial charge >= 0.3 is 0 Å². The molecule has 0 unspecified atom stereocenters. The van der Waals surface area contributed by atoms with Gasteiger partial charge in [0.25, 0.3) is 0 Å². The third-order valence-electron chi connectivity index (χ3n) is 15.1. The van der Waals surface area contributed by atoms with Crippen molar-refractivity contribution in [3.05, 3.63) is 285 Å². The van der Waals surface area contributed by atoms with E-state index in [1.807, 2.05) is 22.7 Å². The maximum absolute atomic E-state index is 2.51. The number of hydrogen-bond donors (Lipinski definition) is 0. The summed E-state index contributed by atoms with van der Waals surface area (Å²) in [5.74, 6) is 0. The number of benzene rings is 12. The molecule has 0 saturated heterocycles. The molecule has 77 heavy (non-hydrogen) atoms. The van der Waals surface area contributed by atoms with E-state index >= 15 is 0 Å². The molecule has 0 aliphatic heterocycles. The van der Waals surface area contributed by atoms with Crippen LogP contribution in [0.3, 0.4) is 0 Å². The minimum Gasteiger partial charge on any atom is -0.310 e. The Bertz CT molecular complexity index is 4570. The molecule has 3 nitrogen and oxygen atoms in total. The van der Waals surface area contributed by atoms with Crippen molar-refractivity contribution >= 4 is 119 Å². The van der Waals surface area contributed by atoms with Crippen molar-refractivity contribution in [3.8, 4) is 39.1 Å². The quantitative estimate of drug-likeness (QED) is 0.135. The fourth-order valence-corrected chi connectivity index (χ4v) is 14.0. The van der Waals surface area contributed by atoms with Gasteiger partial charge in [-0.2, -0.15) is 0 Å². The highest BCUT2D eigenvalue weighted by Crippen LogP contribution is 2.52. The SMILES string of the molecule is c1ccc(-c2ccc(N(c3ccc(-c4ccccc4)cc3)c3cc(-c4cc5sc6ccccc6c5c5c4c4ccccc4n5-c4ccccc4)cc(N(c4ccccc4)c4cccc5sc6ccccc6c45)c3)cc2)cc1. The van der Waals surface area contributed by atoms with E-state index in [9.17, 15) is 0 Å². The van der Waals surface area contributed by atoms with E-state index < -0.39 is 0 Å². The van der Waals surface area contributed by atoms with Gasteiger partial charge in [0.2, 0.25) is 0 Å². The lowest BCUT2D eigenvalue weighted by atomic mass is 9.95. The summed E-state index contributed by atoms with van der Waals surface area (Å²) in [5, 5.41) is 7.49. The van der Waals surface area contributed by atoms with Crippen molar-refractivity contribution in [2.75, 3.05) is 9.80 Å². The van der Waals surface area contributed by atoms with Crippen molar-refractivity contribution in [2.24, 2.45) is 0 Å². The van der Waals surface area contributed by atoms with Crippen LogP contribution < -0.4 is 9.80 Å². The molecule has 5 heteroatoms. The van der Waals surface area contributed by atoms with Crippen LogP contribution in [0.25, 0.3) is 101 Å². The van der Waals surface area contributed by atoms with E-state index in [1.165, 1.54) is 90.0 Å². The number of aromatic nitrogens is 1. The summed E-state index contributed by atoms with van der Waals surface area (Å²) in [4.78, 5) is 4.94. The third-order valence-corrected chi connectivity index (χ3v) is 17.4. The molecule has 3 heterocycles. The van der Waals surface area contributed by atoms with Crippen LogP contribution in [-0.2, 0) is 0 Å². The van der Waals surface area contributed by atoms with E-state index in [1.54, 1.807) is 0 Å². The van der Waals surface area contributed by atoms with Gasteiger partial charge in [0, 0.05) is 85.2 Å². The highest BCUT2D eigenvalue weighted by molar-refractivity contribution is 7.26. The molecule has 3 aromatic heterocycles. The van der Waals surface area contributed by atoms with E-state index in [0.717, 1.165) is 45.4 Å². The van der Waals surface area contributed by atoms with Gasteiger partial charge in [0.05, 0.1) is 16.7 Å². The monoisotopic (exact) mass is 1020 g/mol. The van der Waals surface area contributed by atoms with Crippen molar-refractivity contribution < 1.29 is 0 Å². The van der Waals surface area contributed by atoms with Crippen molar-refractivity contribution in [2.45, 2.75) is 0 Å². The standard InChI is InChI=1S/C72H47N3S2/c1-5-20-48(21-6-1)50-36-40-55(41-37-50)73(56-42-38-51(39-43-56)49-22-7-2-8-23-49)57-44-52(45-58(46-57)74(53-24-9-3-10-25-53)64-32-19-35-67-70(64)60-29-14-17-33-65(60)76-67)62-47-68-71(61-30-15-18-34-66(61)77-68)72-69(62)59-28-13-16-31-63(59)75(72)54-26-11-4-12-27-54/h1-47H. The van der Waals surface area contributed by atoms with Crippen molar-refractivity contribution in [3.63, 3.8) is 0 Å². The first kappa shape index (κ1) is 44.9. The number of anilines is 6. The van der Waals surface area contributed by atoms with Crippen LogP contribution in [0.4, 0.5) is 34.1 Å². The Hall–Kier alpha value is -9.52. The van der Waals surface area contributed by atoms with E-state index in [0.29, 0.717) is 0 Å². The Labute approximate surface area is 454 Å². The average molecular weight is 1020 g/mol. The molecule has 0 amide bonds. The van der Waals surface area contributed by atoms with Crippen LogP contribution in [0, 0.1) is 0 Å². The highest BCUT2D eigenvalue weighted by atomic mass is 32.1. The predicted molar refractivity (Wildman–Crippen MR) is 332 cm³/mol. The van der Waals surface area contributed by atoms with Gasteiger partial charge in [-0.3, -0.25) is 0 Å². The molecule has 0 fully saturated rings. The van der Waals surface area contributed by atoms with Gasteiger partial charge in [-0.15, -0.1) is 22.7 Å². The lowest BCUT2D eigenvalue weighted by molar-refractivity contribution is 1.19. The molecule has 362 valence electrons. The summed E-state index contributed by atoms with van der Waals surface area (Å²) < 4.78 is 7.56. The van der Waals surface area contributed by atoms with E-state index in [4.69, 9.17) is 0 Å². The van der Waals surface area contributed by atoms with E-state index in [-0.39, 0.29) is 0 Å². The summed E-state index contributed by atoms with van der Waals surface area (Å²) in [6.45, 7) is 0. The topological polar surface area (TPSA) is 11.4 Å². The molecule has 0 radical (unpaired) electrons. The second kappa shape index (κ2) is 18.7. The number of thiophene rings is 2. The number of nitrogens with zero attached hydrogens (tertiary/aromatic N) is 3. The predicted octanol–water partition coefficient (Wildman–Crippen LogP) is 21.5. The number of rotatable bonds is 10. The van der Waals surface area contributed by atoms with Gasteiger partial charge in [0.15, 0.2) is 0 Å². The molecule has 0 atom stereocenters. The largest absolute Gasteiger partial charge is 0.310 e. The lowest BCUT2D eigenvalue weighted by Gasteiger charge is -2.31. The van der Waals surface area contributed by atoms with Crippen LogP contribution in [0.15, 0.2) is 285 Å². The zero-order chi connectivity index (χ0) is 50.8. The first-order valence-corrected chi connectivity index (χ1v) is 27.8. The van der Waals surface area contributed by atoms with E-state index in [2.05, 4.69) is 299 Å². The first-order valence-electron chi connectivity index (χ1n) is 26.1. The van der Waals surface area contributed by atoms with Gasteiger partial charge in [-0.05, 0) is 137 Å². The third kappa shape index (κ3) is 7.70. The zero-order valence-electron chi connectivity index (χ0n) is 41.8. The fourth-order valence-electron chi connectivity index (χ4n) is 11.7. The van der Waals surface area contributed by atoms with Gasteiger partial charge in [-0.25, -0.2) is 0 Å². The Morgan fingerprint density at radius 3 is 1.36 bits per heavy atom. The average Bonchev–Trinajstić information content (AvgIpc) is 4.32. The molecule has 0 saturated carbocycles. The molecule has 0 bridgehead atoms. The minimum atomic E-state index is 1.04. The molecule has 0 aliphatic rings. The molecule has 0 spiro atoms. The number of hydrogen-bond acceptors (Lipinski definition) is 4. The van der Waals surface area contributed by atoms with Crippen LogP contribution in [-0.4, -0.2) is 4.57 Å². The van der Waals surface area contributed by atoms with Crippen molar-refractivity contribution in [1.29, 1.82) is 0 Å². The fraction of sp³-hybridized carbons (Fsp3) is 0. The van der Waals surface area contributed by atoms with Gasteiger partial charge < -0.3 is 14.4 Å². The highest BCUT2D eigenvalue weighted by Gasteiger charge is 2.26. The summed E-state index contributed by atoms with van der Waals surface area (Å²) >= 11 is 3.73. The zero-order valence-corrected chi connectivity index (χ0v) is 43.4. The Kier molecular flexibility index (Phi) is 10.9. The Balaban J connectivity index is 1.06. The van der Waals surface area contributed by atoms with Crippen LogP contribution in [0.2, 0.25) is 0 Å². The lowest BCUT2D eigenvalue weighted by Crippen LogP contribution is -2.14. The number of fused-ring (bicyclic) bond motifs is 10. The molecule has 0 aliphatic carbocycles. The Morgan fingerprint density at radius 1 is 0.273 bits per heavy atom.